The van der Waals surface area contributed by atoms with Gasteiger partial charge in [-0.15, -0.1) is 4.91 Å². The maximum absolute atomic E-state index is 11.2. The fourth-order valence-electron chi connectivity index (χ4n) is 3.68. The number of nitroso groups, excluding NO2 is 1. The minimum atomic E-state index is 0.226. The first-order valence-corrected chi connectivity index (χ1v) is 8.84. The normalized spacial score (nSPS) is 19.7. The van der Waals surface area contributed by atoms with E-state index in [1.165, 1.54) is 0 Å². The molecular formula is C20H25N3O3. The zero-order valence-electron chi connectivity index (χ0n) is 15.5. The van der Waals surface area contributed by atoms with E-state index in [4.69, 9.17) is 14.5 Å². The molecule has 0 bridgehead atoms. The number of anilines is 1. The summed E-state index contributed by atoms with van der Waals surface area (Å²) in [7, 11) is 3.45. The zero-order valence-corrected chi connectivity index (χ0v) is 15.5. The van der Waals surface area contributed by atoms with Crippen LogP contribution >= 0.6 is 0 Å². The van der Waals surface area contributed by atoms with E-state index in [-0.39, 0.29) is 6.04 Å². The Balaban J connectivity index is 1.94. The summed E-state index contributed by atoms with van der Waals surface area (Å²) in [4.78, 5) is 18.3. The molecule has 1 saturated heterocycles. The van der Waals surface area contributed by atoms with Gasteiger partial charge in [-0.3, -0.25) is 0 Å². The van der Waals surface area contributed by atoms with Gasteiger partial charge >= 0.3 is 0 Å². The lowest BCUT2D eigenvalue weighted by atomic mass is 10.0. The number of nitrogens with zero attached hydrogens (tertiary/aromatic N) is 3. The van der Waals surface area contributed by atoms with Crippen LogP contribution in [0.2, 0.25) is 0 Å². The summed E-state index contributed by atoms with van der Waals surface area (Å²) in [5.74, 6) is 1.30. The smallest absolute Gasteiger partial charge is 0.129 e. The SMILES string of the molecule is COC[C@@H]1CCN(c2cccc(-c3cc(C)ccc3N=O)n2)[C@@H]1COC. The molecular weight excluding hydrogens is 330 g/mol. The summed E-state index contributed by atoms with van der Waals surface area (Å²) in [6.07, 6.45) is 1.04. The standard InChI is InChI=1S/C20H25N3O3/c1-14-7-8-18(22-24)16(11-14)17-5-4-6-20(21-17)23-10-9-15(12-25-2)19(23)13-26-3/h4-8,11,15,19H,9-10,12-13H2,1-3H3/t15-,19+/m0/s1. The van der Waals surface area contributed by atoms with Crippen LogP contribution in [0.5, 0.6) is 0 Å². The number of benzene rings is 1. The third kappa shape index (κ3) is 3.76. The largest absolute Gasteiger partial charge is 0.384 e. The molecule has 2 heterocycles. The summed E-state index contributed by atoms with van der Waals surface area (Å²) in [6, 6.07) is 11.7. The van der Waals surface area contributed by atoms with Gasteiger partial charge in [0, 0.05) is 32.2 Å². The van der Waals surface area contributed by atoms with E-state index < -0.39 is 0 Å². The van der Waals surface area contributed by atoms with E-state index in [9.17, 15) is 4.91 Å². The van der Waals surface area contributed by atoms with Crippen molar-refractivity contribution in [2.24, 2.45) is 11.1 Å². The number of ether oxygens (including phenoxy) is 2. The number of rotatable bonds is 7. The molecule has 138 valence electrons. The zero-order chi connectivity index (χ0) is 18.5. The molecule has 1 aromatic carbocycles. The van der Waals surface area contributed by atoms with Crippen molar-refractivity contribution in [3.8, 4) is 11.3 Å². The average molecular weight is 355 g/mol. The molecule has 2 atom stereocenters. The Labute approximate surface area is 154 Å². The number of aromatic nitrogens is 1. The Hall–Kier alpha value is -2.31. The molecule has 3 rings (SSSR count). The van der Waals surface area contributed by atoms with Gasteiger partial charge in [0.1, 0.15) is 11.5 Å². The fourth-order valence-corrected chi connectivity index (χ4v) is 3.68. The topological polar surface area (TPSA) is 64.0 Å². The predicted octanol–water partition coefficient (Wildman–Crippen LogP) is 3.94. The van der Waals surface area contributed by atoms with Crippen LogP contribution in [0.25, 0.3) is 11.3 Å². The molecule has 6 heteroatoms. The van der Waals surface area contributed by atoms with Gasteiger partial charge in [-0.05, 0) is 42.8 Å². The summed E-state index contributed by atoms with van der Waals surface area (Å²) in [5, 5.41) is 3.16. The van der Waals surface area contributed by atoms with Crippen molar-refractivity contribution in [3.05, 3.63) is 46.9 Å². The van der Waals surface area contributed by atoms with E-state index in [2.05, 4.69) is 10.1 Å². The summed E-state index contributed by atoms with van der Waals surface area (Å²) in [5.41, 5.74) is 3.00. The van der Waals surface area contributed by atoms with E-state index in [0.717, 1.165) is 35.6 Å². The first-order valence-electron chi connectivity index (χ1n) is 8.84. The van der Waals surface area contributed by atoms with Crippen LogP contribution in [0, 0.1) is 17.7 Å². The van der Waals surface area contributed by atoms with Crippen molar-refractivity contribution in [3.63, 3.8) is 0 Å². The van der Waals surface area contributed by atoms with Gasteiger partial charge in [-0.25, -0.2) is 4.98 Å². The van der Waals surface area contributed by atoms with Gasteiger partial charge in [-0.1, -0.05) is 17.7 Å². The second-order valence-electron chi connectivity index (χ2n) is 6.71. The van der Waals surface area contributed by atoms with Crippen LogP contribution in [0.15, 0.2) is 41.6 Å². The first-order chi connectivity index (χ1) is 12.7. The van der Waals surface area contributed by atoms with E-state index in [1.807, 2.05) is 37.3 Å². The lowest BCUT2D eigenvalue weighted by Gasteiger charge is -2.28. The fraction of sp³-hybridized carbons (Fsp3) is 0.450. The maximum atomic E-state index is 11.2. The number of pyridine rings is 1. The predicted molar refractivity (Wildman–Crippen MR) is 103 cm³/mol. The minimum absolute atomic E-state index is 0.226. The Kier molecular flexibility index (Phi) is 5.96. The Morgan fingerprint density at radius 3 is 2.73 bits per heavy atom. The molecule has 26 heavy (non-hydrogen) atoms. The van der Waals surface area contributed by atoms with E-state index in [1.54, 1.807) is 20.3 Å². The molecule has 6 nitrogen and oxygen atoms in total. The van der Waals surface area contributed by atoms with Crippen LogP contribution in [0.4, 0.5) is 11.5 Å². The number of hydrogen-bond acceptors (Lipinski definition) is 6. The number of methoxy groups -OCH3 is 2. The monoisotopic (exact) mass is 355 g/mol. The molecule has 1 fully saturated rings. The molecule has 0 spiro atoms. The number of hydrogen-bond donors (Lipinski definition) is 0. The van der Waals surface area contributed by atoms with Crippen LogP contribution in [0.1, 0.15) is 12.0 Å². The molecule has 0 amide bonds. The summed E-state index contributed by atoms with van der Waals surface area (Å²) in [6.45, 7) is 4.24. The lowest BCUT2D eigenvalue weighted by Crippen LogP contribution is -2.38. The third-order valence-electron chi connectivity index (χ3n) is 4.96. The third-order valence-corrected chi connectivity index (χ3v) is 4.96. The van der Waals surface area contributed by atoms with Crippen molar-refractivity contribution in [1.82, 2.24) is 4.98 Å². The summed E-state index contributed by atoms with van der Waals surface area (Å²) >= 11 is 0. The Morgan fingerprint density at radius 2 is 2.00 bits per heavy atom. The van der Waals surface area contributed by atoms with Crippen LogP contribution < -0.4 is 4.90 Å². The average Bonchev–Trinajstić information content (AvgIpc) is 3.05. The molecule has 0 aliphatic carbocycles. The molecule has 0 saturated carbocycles. The highest BCUT2D eigenvalue weighted by Gasteiger charge is 2.35. The molecule has 2 aromatic rings. The molecule has 0 radical (unpaired) electrons. The van der Waals surface area contributed by atoms with Gasteiger partial charge in [0.05, 0.1) is 24.9 Å². The van der Waals surface area contributed by atoms with Gasteiger partial charge in [-0.2, -0.15) is 0 Å². The number of aryl methyl sites for hydroxylation is 1. The van der Waals surface area contributed by atoms with Gasteiger partial charge in [0.25, 0.3) is 0 Å². The van der Waals surface area contributed by atoms with Crippen molar-refractivity contribution >= 4 is 11.5 Å². The Bertz CT molecular complexity index is 766. The molecule has 0 N–H and O–H groups in total. The van der Waals surface area contributed by atoms with Gasteiger partial charge in [0.2, 0.25) is 0 Å². The highest BCUT2D eigenvalue weighted by molar-refractivity contribution is 5.74. The lowest BCUT2D eigenvalue weighted by molar-refractivity contribution is 0.112. The van der Waals surface area contributed by atoms with Crippen molar-refractivity contribution in [2.75, 3.05) is 38.9 Å². The van der Waals surface area contributed by atoms with Gasteiger partial charge < -0.3 is 14.4 Å². The highest BCUT2D eigenvalue weighted by atomic mass is 16.5. The van der Waals surface area contributed by atoms with E-state index in [0.29, 0.717) is 24.8 Å². The van der Waals surface area contributed by atoms with E-state index >= 15 is 0 Å². The first kappa shape index (κ1) is 18.5. The van der Waals surface area contributed by atoms with Crippen LogP contribution in [0.3, 0.4) is 0 Å². The van der Waals surface area contributed by atoms with Gasteiger partial charge in [0.15, 0.2) is 0 Å². The van der Waals surface area contributed by atoms with Crippen molar-refractivity contribution in [1.29, 1.82) is 0 Å². The highest BCUT2D eigenvalue weighted by Crippen LogP contribution is 2.33. The summed E-state index contributed by atoms with van der Waals surface area (Å²) < 4.78 is 10.8. The van der Waals surface area contributed by atoms with Crippen LogP contribution in [-0.2, 0) is 9.47 Å². The molecule has 0 unspecified atom stereocenters. The quantitative estimate of drug-likeness (QED) is 0.704. The maximum Gasteiger partial charge on any atom is 0.129 e. The minimum Gasteiger partial charge on any atom is -0.384 e. The Morgan fingerprint density at radius 1 is 1.19 bits per heavy atom. The second-order valence-corrected chi connectivity index (χ2v) is 6.71. The van der Waals surface area contributed by atoms with Crippen LogP contribution in [-0.4, -0.2) is 45.0 Å². The molecule has 1 aromatic heterocycles. The molecule has 1 aliphatic rings. The van der Waals surface area contributed by atoms with Crippen molar-refractivity contribution in [2.45, 2.75) is 19.4 Å². The molecule has 1 aliphatic heterocycles. The van der Waals surface area contributed by atoms with Crippen molar-refractivity contribution < 1.29 is 9.47 Å². The second kappa shape index (κ2) is 8.38.